The number of benzene rings is 2. The predicted octanol–water partition coefficient (Wildman–Crippen LogP) is 1.38. The number of carbonyl (C=O) groups excluding carboxylic acids is 2. The maximum Gasteiger partial charge on any atom is 0.264 e. The van der Waals surface area contributed by atoms with Gasteiger partial charge in [-0.05, 0) is 18.6 Å². The Morgan fingerprint density at radius 2 is 1.63 bits per heavy atom. The van der Waals surface area contributed by atoms with E-state index in [0.717, 1.165) is 0 Å². The van der Waals surface area contributed by atoms with Crippen molar-refractivity contribution in [3.05, 3.63) is 79.4 Å². The highest BCUT2D eigenvalue weighted by molar-refractivity contribution is 6.24. The second kappa shape index (κ2) is 7.64. The van der Waals surface area contributed by atoms with Crippen molar-refractivity contribution in [2.45, 2.75) is 19.4 Å². The maximum absolute atomic E-state index is 13.0. The summed E-state index contributed by atoms with van der Waals surface area (Å²) in [5, 5.41) is 4.33. The van der Waals surface area contributed by atoms with E-state index in [4.69, 9.17) is 4.74 Å². The molecule has 30 heavy (non-hydrogen) atoms. The quantitative estimate of drug-likeness (QED) is 0.491. The number of rotatable bonds is 6. The molecule has 0 saturated carbocycles. The molecule has 3 aromatic carbocycles. The van der Waals surface area contributed by atoms with Crippen LogP contribution in [0.2, 0.25) is 0 Å². The Balaban J connectivity index is 1.77. The zero-order valence-corrected chi connectivity index (χ0v) is 16.5. The summed E-state index contributed by atoms with van der Waals surface area (Å²) in [6.07, 6.45) is 0.547. The second-order valence-corrected chi connectivity index (χ2v) is 7.00. The van der Waals surface area contributed by atoms with E-state index in [1.165, 1.54) is 12.0 Å². The van der Waals surface area contributed by atoms with Crippen LogP contribution in [0.4, 0.5) is 5.69 Å². The molecule has 1 aliphatic rings. The average molecular weight is 405 g/mol. The molecule has 0 radical (unpaired) electrons. The number of ether oxygens (including phenoxy) is 1. The van der Waals surface area contributed by atoms with E-state index < -0.39 is 28.7 Å². The molecule has 0 aromatic heterocycles. The summed E-state index contributed by atoms with van der Waals surface area (Å²) < 4.78 is 5.14. The third-order valence-corrected chi connectivity index (χ3v) is 5.28. The molecule has 1 N–H and O–H groups in total. The van der Waals surface area contributed by atoms with Crippen LogP contribution < -0.4 is 21.6 Å². The van der Waals surface area contributed by atoms with E-state index in [1.54, 1.807) is 42.5 Å². The van der Waals surface area contributed by atoms with Gasteiger partial charge in [-0.1, -0.05) is 37.3 Å². The van der Waals surface area contributed by atoms with Crippen molar-refractivity contribution in [3.63, 3.8) is 0 Å². The van der Waals surface area contributed by atoms with Crippen molar-refractivity contribution in [1.82, 2.24) is 4.90 Å². The van der Waals surface area contributed by atoms with Gasteiger partial charge in [0.1, 0.15) is 0 Å². The van der Waals surface area contributed by atoms with Crippen LogP contribution in [0.15, 0.2) is 57.2 Å². The van der Waals surface area contributed by atoms with Crippen molar-refractivity contribution in [2.75, 3.05) is 19.1 Å². The van der Waals surface area contributed by atoms with Crippen LogP contribution in [0.1, 0.15) is 34.1 Å². The van der Waals surface area contributed by atoms with Gasteiger partial charge in [0.2, 0.25) is 10.9 Å². The van der Waals surface area contributed by atoms with Crippen LogP contribution in [-0.4, -0.2) is 36.5 Å². The third-order valence-electron chi connectivity index (χ3n) is 5.28. The number of nitrogens with one attached hydrogen (secondary N) is 1. The van der Waals surface area contributed by atoms with Crippen LogP contribution in [0, 0.1) is 0 Å². The van der Waals surface area contributed by atoms with Gasteiger partial charge in [0.15, 0.2) is 5.36 Å². The first-order valence-electron chi connectivity index (χ1n) is 9.51. The van der Waals surface area contributed by atoms with Gasteiger partial charge < -0.3 is 4.74 Å². The summed E-state index contributed by atoms with van der Waals surface area (Å²) in [6.45, 7) is 2.10. The van der Waals surface area contributed by atoms with E-state index in [-0.39, 0.29) is 28.8 Å². The van der Waals surface area contributed by atoms with Crippen molar-refractivity contribution in [1.29, 1.82) is 0 Å². The van der Waals surface area contributed by atoms with E-state index in [9.17, 15) is 19.2 Å². The number of anilines is 1. The van der Waals surface area contributed by atoms with Gasteiger partial charge in [0.05, 0.1) is 29.5 Å². The highest BCUT2D eigenvalue weighted by Gasteiger charge is 2.41. The molecule has 1 unspecified atom stereocenters. The minimum Gasteiger partial charge on any atom is -0.383 e. The molecule has 0 spiro atoms. The molecule has 0 saturated heterocycles. The van der Waals surface area contributed by atoms with Crippen molar-refractivity contribution in [3.8, 4) is 0 Å². The van der Waals surface area contributed by atoms with Gasteiger partial charge in [0, 0.05) is 17.9 Å². The molecule has 0 aliphatic carbocycles. The maximum atomic E-state index is 13.0. The van der Waals surface area contributed by atoms with E-state index in [2.05, 4.69) is 10.5 Å². The molecule has 1 aliphatic heterocycles. The standard InChI is InChI=1S/C22H19N3O5/c1-3-12(11-30-2)25-21(28)15-9-6-10-16(17(15)22(25)29)23-24-18-19(26)13-7-4-5-8-14(13)20(18)27/h4-10,12,23H,3,11H2,1-2H3. The highest BCUT2D eigenvalue weighted by Crippen LogP contribution is 2.31. The summed E-state index contributed by atoms with van der Waals surface area (Å²) in [4.78, 5) is 52.0. The molecule has 1 atom stereocenters. The number of carbonyl (C=O) groups is 2. The molecule has 8 heteroatoms. The lowest BCUT2D eigenvalue weighted by Crippen LogP contribution is -2.42. The Morgan fingerprint density at radius 1 is 0.967 bits per heavy atom. The monoisotopic (exact) mass is 405 g/mol. The molecule has 8 nitrogen and oxygen atoms in total. The Kier molecular flexibility index (Phi) is 5.01. The van der Waals surface area contributed by atoms with Crippen LogP contribution in [0.5, 0.6) is 0 Å². The second-order valence-electron chi connectivity index (χ2n) is 7.00. The molecular formula is C22H19N3O5. The SMILES string of the molecule is CCC(COC)N1C(=O)c2cccc(NN=c3c(=O)c4ccccc4c3=O)c2C1=O. The molecule has 3 aromatic rings. The fraction of sp³-hybridized carbons (Fsp3) is 0.227. The van der Waals surface area contributed by atoms with Crippen LogP contribution in [0.25, 0.3) is 10.8 Å². The van der Waals surface area contributed by atoms with Gasteiger partial charge in [-0.2, -0.15) is 5.10 Å². The molecule has 152 valence electrons. The summed E-state index contributed by atoms with van der Waals surface area (Å²) in [5.74, 6) is -0.870. The van der Waals surface area contributed by atoms with Gasteiger partial charge in [-0.15, -0.1) is 0 Å². The Bertz CT molecular complexity index is 1270. The molecular weight excluding hydrogens is 386 g/mol. The smallest absolute Gasteiger partial charge is 0.264 e. The Labute approximate surface area is 171 Å². The highest BCUT2D eigenvalue weighted by atomic mass is 16.5. The number of hydrogen-bond acceptors (Lipinski definition) is 7. The minimum absolute atomic E-state index is 0.164. The predicted molar refractivity (Wildman–Crippen MR) is 111 cm³/mol. The average Bonchev–Trinajstić information content (AvgIpc) is 3.16. The number of amides is 2. The molecule has 0 bridgehead atoms. The lowest BCUT2D eigenvalue weighted by molar-refractivity contribution is 0.0466. The summed E-state index contributed by atoms with van der Waals surface area (Å²) in [5.41, 5.74) is 2.36. The zero-order chi connectivity index (χ0) is 21.4. The zero-order valence-electron chi connectivity index (χ0n) is 16.5. The van der Waals surface area contributed by atoms with Gasteiger partial charge in [-0.3, -0.25) is 29.5 Å². The molecule has 4 rings (SSSR count). The fourth-order valence-electron chi connectivity index (χ4n) is 3.75. The minimum atomic E-state index is -0.481. The van der Waals surface area contributed by atoms with Gasteiger partial charge >= 0.3 is 0 Å². The van der Waals surface area contributed by atoms with Gasteiger partial charge in [0.25, 0.3) is 11.8 Å². The summed E-state index contributed by atoms with van der Waals surface area (Å²) in [7, 11) is 1.51. The summed E-state index contributed by atoms with van der Waals surface area (Å²) >= 11 is 0. The normalized spacial score (nSPS) is 14.3. The van der Waals surface area contributed by atoms with Crippen molar-refractivity contribution >= 4 is 28.3 Å². The largest absolute Gasteiger partial charge is 0.383 e. The number of imide groups is 1. The number of nitrogens with zero attached hydrogens (tertiary/aromatic N) is 2. The van der Waals surface area contributed by atoms with Crippen molar-refractivity contribution in [2.24, 2.45) is 5.10 Å². The van der Waals surface area contributed by atoms with Crippen LogP contribution >= 0.6 is 0 Å². The van der Waals surface area contributed by atoms with E-state index in [1.807, 2.05) is 6.92 Å². The molecule has 1 heterocycles. The van der Waals surface area contributed by atoms with E-state index in [0.29, 0.717) is 17.2 Å². The third kappa shape index (κ3) is 2.93. The Hall–Kier alpha value is -3.65. The first-order valence-corrected chi connectivity index (χ1v) is 9.51. The summed E-state index contributed by atoms with van der Waals surface area (Å²) in [6, 6.07) is 10.8. The lowest BCUT2D eigenvalue weighted by atomic mass is 10.1. The lowest BCUT2D eigenvalue weighted by Gasteiger charge is -2.24. The Morgan fingerprint density at radius 3 is 2.23 bits per heavy atom. The van der Waals surface area contributed by atoms with Gasteiger partial charge in [-0.25, -0.2) is 0 Å². The fourth-order valence-corrected chi connectivity index (χ4v) is 3.75. The van der Waals surface area contributed by atoms with E-state index >= 15 is 0 Å². The first-order chi connectivity index (χ1) is 14.5. The van der Waals surface area contributed by atoms with Crippen molar-refractivity contribution < 1.29 is 14.3 Å². The molecule has 2 amide bonds. The number of fused-ring (bicyclic) bond motifs is 2. The number of hydrogen-bond donors (Lipinski definition) is 1. The topological polar surface area (TPSA) is 105 Å². The number of methoxy groups -OCH3 is 1. The van der Waals surface area contributed by atoms with Crippen LogP contribution in [0.3, 0.4) is 0 Å². The molecule has 0 fully saturated rings. The first kappa shape index (κ1) is 19.7. The van der Waals surface area contributed by atoms with Crippen LogP contribution in [-0.2, 0) is 4.74 Å².